The number of benzene rings is 1. The van der Waals surface area contributed by atoms with Gasteiger partial charge >= 0.3 is 6.09 Å². The van der Waals surface area contributed by atoms with Crippen molar-refractivity contribution in [1.82, 2.24) is 5.32 Å². The van der Waals surface area contributed by atoms with E-state index < -0.39 is 17.5 Å². The van der Waals surface area contributed by atoms with Gasteiger partial charge in [-0.25, -0.2) is 4.79 Å². The Labute approximate surface area is 147 Å². The summed E-state index contributed by atoms with van der Waals surface area (Å²) >= 11 is 0. The summed E-state index contributed by atoms with van der Waals surface area (Å²) in [5.74, 6) is 5.54. The number of carbonyl (C=O) groups excluding carboxylic acids is 2. The highest BCUT2D eigenvalue weighted by molar-refractivity contribution is 6.11. The number of methoxy groups -OCH3 is 3. The molecule has 0 fully saturated rings. The Morgan fingerprint density at radius 2 is 1.68 bits per heavy atom. The number of alkyl carbamates (subject to hydrolysis) is 1. The van der Waals surface area contributed by atoms with Crippen LogP contribution in [0.5, 0.6) is 17.2 Å². The Bertz CT molecular complexity index is 694. The van der Waals surface area contributed by atoms with Gasteiger partial charge < -0.3 is 24.3 Å². The molecule has 1 aromatic carbocycles. The fraction of sp³-hybridized carbons (Fsp3) is 0.444. The third-order valence-corrected chi connectivity index (χ3v) is 2.87. The number of carbonyl (C=O) groups is 2. The normalized spacial score (nSPS) is 10.2. The summed E-state index contributed by atoms with van der Waals surface area (Å²) in [5.41, 5.74) is -0.356. The molecule has 0 aliphatic heterocycles. The smallest absolute Gasteiger partial charge is 0.408 e. The maximum Gasteiger partial charge on any atom is 0.408 e. The van der Waals surface area contributed by atoms with Gasteiger partial charge in [0.2, 0.25) is 11.5 Å². The van der Waals surface area contributed by atoms with E-state index in [1.54, 1.807) is 32.9 Å². The molecular formula is C18H23NO6. The van der Waals surface area contributed by atoms with Crippen LogP contribution >= 0.6 is 0 Å². The quantitative estimate of drug-likeness (QED) is 0.499. The van der Waals surface area contributed by atoms with E-state index in [1.807, 2.05) is 0 Å². The van der Waals surface area contributed by atoms with E-state index in [0.29, 0.717) is 11.5 Å². The topological polar surface area (TPSA) is 83.1 Å². The van der Waals surface area contributed by atoms with Crippen LogP contribution < -0.4 is 19.5 Å². The second-order valence-corrected chi connectivity index (χ2v) is 5.87. The third-order valence-electron chi connectivity index (χ3n) is 2.87. The van der Waals surface area contributed by atoms with Crippen LogP contribution in [0.3, 0.4) is 0 Å². The van der Waals surface area contributed by atoms with Crippen LogP contribution in [-0.2, 0) is 4.74 Å². The summed E-state index contributed by atoms with van der Waals surface area (Å²) in [6.45, 7) is 5.25. The Balaban J connectivity index is 2.84. The Morgan fingerprint density at radius 1 is 1.04 bits per heavy atom. The first-order valence-electron chi connectivity index (χ1n) is 7.52. The SMILES string of the molecule is COc1ccc(C(=O)C#CCNC(=O)OC(C)(C)C)c(OC)c1OC. The lowest BCUT2D eigenvalue weighted by molar-refractivity contribution is 0.0535. The summed E-state index contributed by atoms with van der Waals surface area (Å²) in [7, 11) is 4.36. The summed E-state index contributed by atoms with van der Waals surface area (Å²) in [4.78, 5) is 23.8. The minimum atomic E-state index is -0.599. The second-order valence-electron chi connectivity index (χ2n) is 5.87. The molecule has 0 saturated heterocycles. The van der Waals surface area contributed by atoms with Crippen LogP contribution in [0.1, 0.15) is 31.1 Å². The molecule has 0 aromatic heterocycles. The van der Waals surface area contributed by atoms with Crippen molar-refractivity contribution < 1.29 is 28.5 Å². The highest BCUT2D eigenvalue weighted by Gasteiger charge is 2.19. The molecule has 1 rings (SSSR count). The van der Waals surface area contributed by atoms with Gasteiger partial charge in [0.15, 0.2) is 11.5 Å². The maximum absolute atomic E-state index is 12.3. The molecule has 7 nitrogen and oxygen atoms in total. The van der Waals surface area contributed by atoms with Crippen molar-refractivity contribution >= 4 is 11.9 Å². The van der Waals surface area contributed by atoms with E-state index in [-0.39, 0.29) is 17.9 Å². The zero-order valence-corrected chi connectivity index (χ0v) is 15.3. The van der Waals surface area contributed by atoms with Gasteiger partial charge in [-0.3, -0.25) is 4.79 Å². The predicted molar refractivity (Wildman–Crippen MR) is 92.4 cm³/mol. The highest BCUT2D eigenvalue weighted by atomic mass is 16.6. The van der Waals surface area contributed by atoms with E-state index in [2.05, 4.69) is 17.2 Å². The van der Waals surface area contributed by atoms with Crippen molar-refractivity contribution in [2.45, 2.75) is 26.4 Å². The number of ketones is 1. The van der Waals surface area contributed by atoms with Crippen LogP contribution in [0.25, 0.3) is 0 Å². The van der Waals surface area contributed by atoms with Crippen molar-refractivity contribution in [1.29, 1.82) is 0 Å². The number of amides is 1. The number of rotatable bonds is 5. The Hall–Kier alpha value is -2.88. The van der Waals surface area contributed by atoms with Crippen molar-refractivity contribution in [2.75, 3.05) is 27.9 Å². The zero-order valence-electron chi connectivity index (χ0n) is 15.3. The molecule has 0 saturated carbocycles. The maximum atomic E-state index is 12.3. The van der Waals surface area contributed by atoms with Crippen LogP contribution in [0.2, 0.25) is 0 Å². The predicted octanol–water partition coefficient (Wildman–Crippen LogP) is 2.42. The molecule has 1 N–H and O–H groups in total. The molecule has 136 valence electrons. The molecule has 0 aliphatic rings. The lowest BCUT2D eigenvalue weighted by atomic mass is 10.1. The van der Waals surface area contributed by atoms with Gasteiger partial charge in [0.05, 0.1) is 33.4 Å². The van der Waals surface area contributed by atoms with Gasteiger partial charge in [-0.1, -0.05) is 5.92 Å². The van der Waals surface area contributed by atoms with E-state index in [4.69, 9.17) is 18.9 Å². The number of hydrogen-bond donors (Lipinski definition) is 1. The largest absolute Gasteiger partial charge is 0.493 e. The first kappa shape index (κ1) is 20.2. The molecule has 0 unspecified atom stereocenters. The first-order valence-corrected chi connectivity index (χ1v) is 7.52. The summed E-state index contributed by atoms with van der Waals surface area (Å²) in [6.07, 6.45) is -0.599. The molecule has 1 aromatic rings. The number of hydrogen-bond acceptors (Lipinski definition) is 6. The summed E-state index contributed by atoms with van der Waals surface area (Å²) in [5, 5.41) is 2.45. The second kappa shape index (κ2) is 8.83. The number of ether oxygens (including phenoxy) is 4. The molecule has 25 heavy (non-hydrogen) atoms. The molecule has 1 amide bonds. The van der Waals surface area contributed by atoms with E-state index in [0.717, 1.165) is 0 Å². The van der Waals surface area contributed by atoms with Crippen LogP contribution in [0, 0.1) is 11.8 Å². The Kier molecular flexibility index (Phi) is 7.12. The highest BCUT2D eigenvalue weighted by Crippen LogP contribution is 2.39. The molecule has 0 radical (unpaired) electrons. The van der Waals surface area contributed by atoms with Crippen molar-refractivity contribution in [2.24, 2.45) is 0 Å². The van der Waals surface area contributed by atoms with Crippen molar-refractivity contribution in [3.05, 3.63) is 17.7 Å². The molecule has 0 spiro atoms. The van der Waals surface area contributed by atoms with Gasteiger partial charge in [-0.15, -0.1) is 0 Å². The van der Waals surface area contributed by atoms with Crippen molar-refractivity contribution in [3.8, 4) is 29.1 Å². The lowest BCUT2D eigenvalue weighted by Crippen LogP contribution is -2.32. The number of nitrogens with one attached hydrogen (secondary N) is 1. The average Bonchev–Trinajstić information content (AvgIpc) is 2.55. The van der Waals surface area contributed by atoms with Gasteiger partial charge in [-0.05, 0) is 38.8 Å². The third kappa shape index (κ3) is 5.92. The molecule has 0 aliphatic carbocycles. The minimum absolute atomic E-state index is 0.0176. The monoisotopic (exact) mass is 349 g/mol. The molecule has 0 bridgehead atoms. The van der Waals surface area contributed by atoms with E-state index >= 15 is 0 Å². The van der Waals surface area contributed by atoms with Crippen LogP contribution in [0.4, 0.5) is 4.79 Å². The summed E-state index contributed by atoms with van der Waals surface area (Å²) in [6, 6.07) is 3.13. The van der Waals surface area contributed by atoms with Gasteiger partial charge in [0.25, 0.3) is 0 Å². The Morgan fingerprint density at radius 3 is 2.20 bits per heavy atom. The fourth-order valence-electron chi connectivity index (χ4n) is 1.90. The van der Waals surface area contributed by atoms with Crippen molar-refractivity contribution in [3.63, 3.8) is 0 Å². The lowest BCUT2D eigenvalue weighted by Gasteiger charge is -2.19. The summed E-state index contributed by atoms with van der Waals surface area (Å²) < 4.78 is 20.7. The molecular weight excluding hydrogens is 326 g/mol. The molecule has 0 atom stereocenters. The van der Waals surface area contributed by atoms with E-state index in [1.165, 1.54) is 21.3 Å². The zero-order chi connectivity index (χ0) is 19.0. The van der Waals surface area contributed by atoms with Gasteiger partial charge in [0.1, 0.15) is 5.60 Å². The molecule has 7 heteroatoms. The van der Waals surface area contributed by atoms with Crippen LogP contribution in [-0.4, -0.2) is 45.4 Å². The fourth-order valence-corrected chi connectivity index (χ4v) is 1.90. The van der Waals surface area contributed by atoms with Gasteiger partial charge in [0, 0.05) is 0 Å². The molecule has 0 heterocycles. The minimum Gasteiger partial charge on any atom is -0.493 e. The standard InChI is InChI=1S/C18H23NO6/c1-18(2,3)25-17(21)19-11-7-8-13(20)12-9-10-14(22-4)16(24-6)15(12)23-5/h9-10H,11H2,1-6H3,(H,19,21). The van der Waals surface area contributed by atoms with Crippen LogP contribution in [0.15, 0.2) is 12.1 Å². The van der Waals surface area contributed by atoms with E-state index in [9.17, 15) is 9.59 Å². The number of Topliss-reactive ketones (excluding diaryl/α,β-unsaturated/α-hetero) is 1. The van der Waals surface area contributed by atoms with Gasteiger partial charge in [-0.2, -0.15) is 0 Å². The average molecular weight is 349 g/mol. The first-order chi connectivity index (χ1) is 11.7.